The van der Waals surface area contributed by atoms with Crippen LogP contribution in [0.5, 0.6) is 0 Å². The van der Waals surface area contributed by atoms with Gasteiger partial charge in [0.05, 0.1) is 0 Å². The van der Waals surface area contributed by atoms with Gasteiger partial charge in [0.2, 0.25) is 5.91 Å². The van der Waals surface area contributed by atoms with E-state index in [1.165, 1.54) is 38.5 Å². The Morgan fingerprint density at radius 1 is 1.20 bits per heavy atom. The SMILES string of the molecule is C[C@H](NC(=O)COC(=O)[C@@H]1CCC(=O)N1)C12CC3CC(CC(C3)C1)C2. The zero-order valence-electron chi connectivity index (χ0n) is 14.9. The first-order valence-corrected chi connectivity index (χ1v) is 9.69. The van der Waals surface area contributed by atoms with Gasteiger partial charge in [-0.05, 0) is 75.0 Å². The number of rotatable bonds is 5. The number of ether oxygens (including phenoxy) is 1. The van der Waals surface area contributed by atoms with E-state index in [1.54, 1.807) is 0 Å². The number of carbonyl (C=O) groups is 3. The summed E-state index contributed by atoms with van der Waals surface area (Å²) in [6.45, 7) is 1.85. The van der Waals surface area contributed by atoms with Gasteiger partial charge >= 0.3 is 5.97 Å². The third-order valence-electron chi connectivity index (χ3n) is 7.01. The van der Waals surface area contributed by atoms with E-state index in [9.17, 15) is 14.4 Å². The molecule has 0 spiro atoms. The number of esters is 1. The maximum Gasteiger partial charge on any atom is 0.329 e. The monoisotopic (exact) mass is 348 g/mol. The number of amides is 2. The molecule has 1 aliphatic heterocycles. The normalized spacial score (nSPS) is 39.8. The Labute approximate surface area is 148 Å². The lowest BCUT2D eigenvalue weighted by Crippen LogP contribution is -2.56. The summed E-state index contributed by atoms with van der Waals surface area (Å²) < 4.78 is 5.09. The number of nitrogens with one attached hydrogen (secondary N) is 2. The van der Waals surface area contributed by atoms with E-state index in [4.69, 9.17) is 4.74 Å². The molecule has 5 rings (SSSR count). The first-order valence-electron chi connectivity index (χ1n) is 9.69. The van der Waals surface area contributed by atoms with Crippen molar-refractivity contribution in [1.29, 1.82) is 0 Å². The molecule has 2 N–H and O–H groups in total. The van der Waals surface area contributed by atoms with Crippen LogP contribution in [-0.4, -0.2) is 36.5 Å². The zero-order chi connectivity index (χ0) is 17.6. The molecule has 2 amide bonds. The Morgan fingerprint density at radius 2 is 1.80 bits per heavy atom. The van der Waals surface area contributed by atoms with Gasteiger partial charge in [0.1, 0.15) is 6.04 Å². The fourth-order valence-corrected chi connectivity index (χ4v) is 6.17. The van der Waals surface area contributed by atoms with Crippen LogP contribution in [0.1, 0.15) is 58.3 Å². The molecular weight excluding hydrogens is 320 g/mol. The zero-order valence-corrected chi connectivity index (χ0v) is 14.9. The van der Waals surface area contributed by atoms with E-state index < -0.39 is 12.0 Å². The molecule has 0 aromatic carbocycles. The predicted octanol–water partition coefficient (Wildman–Crippen LogP) is 1.53. The molecule has 138 valence electrons. The maximum atomic E-state index is 12.3. The summed E-state index contributed by atoms with van der Waals surface area (Å²) in [4.78, 5) is 35.3. The minimum atomic E-state index is -0.596. The van der Waals surface area contributed by atoms with E-state index in [0.29, 0.717) is 12.8 Å². The van der Waals surface area contributed by atoms with E-state index in [1.807, 2.05) is 0 Å². The third kappa shape index (κ3) is 3.27. The summed E-state index contributed by atoms with van der Waals surface area (Å²) in [7, 11) is 0. The van der Waals surface area contributed by atoms with Gasteiger partial charge in [0.25, 0.3) is 5.91 Å². The molecule has 0 aromatic heterocycles. The molecule has 1 saturated heterocycles. The number of carbonyl (C=O) groups excluding carboxylic acids is 3. The van der Waals surface area contributed by atoms with Crippen molar-refractivity contribution >= 4 is 17.8 Å². The van der Waals surface area contributed by atoms with E-state index in [0.717, 1.165) is 17.8 Å². The largest absolute Gasteiger partial charge is 0.454 e. The van der Waals surface area contributed by atoms with E-state index >= 15 is 0 Å². The van der Waals surface area contributed by atoms with Crippen molar-refractivity contribution in [1.82, 2.24) is 10.6 Å². The lowest BCUT2D eigenvalue weighted by Gasteiger charge is -2.59. The Kier molecular flexibility index (Phi) is 4.24. The van der Waals surface area contributed by atoms with Crippen LogP contribution in [0.2, 0.25) is 0 Å². The molecule has 6 heteroatoms. The Hall–Kier alpha value is -1.59. The average Bonchev–Trinajstić information content (AvgIpc) is 2.98. The van der Waals surface area contributed by atoms with Gasteiger partial charge in [-0.15, -0.1) is 0 Å². The van der Waals surface area contributed by atoms with Crippen LogP contribution in [0, 0.1) is 23.2 Å². The summed E-state index contributed by atoms with van der Waals surface area (Å²) >= 11 is 0. The molecule has 25 heavy (non-hydrogen) atoms. The minimum Gasteiger partial charge on any atom is -0.454 e. The first kappa shape index (κ1) is 16.9. The summed E-state index contributed by atoms with van der Waals surface area (Å²) in [5.41, 5.74) is 0.244. The highest BCUT2D eigenvalue weighted by Gasteiger charge is 2.53. The van der Waals surface area contributed by atoms with Gasteiger partial charge in [-0.25, -0.2) is 4.79 Å². The highest BCUT2D eigenvalue weighted by atomic mass is 16.5. The van der Waals surface area contributed by atoms with Gasteiger partial charge in [-0.2, -0.15) is 0 Å². The van der Waals surface area contributed by atoms with Crippen LogP contribution >= 0.6 is 0 Å². The van der Waals surface area contributed by atoms with Crippen molar-refractivity contribution in [2.45, 2.75) is 70.4 Å². The molecule has 0 unspecified atom stereocenters. The predicted molar refractivity (Wildman–Crippen MR) is 90.3 cm³/mol. The van der Waals surface area contributed by atoms with Gasteiger partial charge in [-0.1, -0.05) is 0 Å². The summed E-state index contributed by atoms with van der Waals surface area (Å²) in [5, 5.41) is 5.65. The molecule has 6 nitrogen and oxygen atoms in total. The number of hydrogen-bond donors (Lipinski definition) is 2. The molecule has 5 fully saturated rings. The molecule has 4 aliphatic carbocycles. The summed E-state index contributed by atoms with van der Waals surface area (Å²) in [5.74, 6) is 1.64. The number of hydrogen-bond acceptors (Lipinski definition) is 4. The lowest BCUT2D eigenvalue weighted by molar-refractivity contribution is -0.151. The van der Waals surface area contributed by atoms with Crippen molar-refractivity contribution in [3.8, 4) is 0 Å². The van der Waals surface area contributed by atoms with Crippen molar-refractivity contribution in [3.05, 3.63) is 0 Å². The minimum absolute atomic E-state index is 0.123. The van der Waals surface area contributed by atoms with E-state index in [2.05, 4.69) is 17.6 Å². The van der Waals surface area contributed by atoms with Gasteiger partial charge in [0, 0.05) is 12.5 Å². The van der Waals surface area contributed by atoms with Gasteiger partial charge in [0.15, 0.2) is 6.61 Å². The third-order valence-corrected chi connectivity index (χ3v) is 7.01. The molecule has 2 atom stereocenters. The Morgan fingerprint density at radius 3 is 2.32 bits per heavy atom. The molecule has 4 bridgehead atoms. The van der Waals surface area contributed by atoms with Crippen LogP contribution in [0.15, 0.2) is 0 Å². The van der Waals surface area contributed by atoms with Crippen LogP contribution in [0.3, 0.4) is 0 Å². The topological polar surface area (TPSA) is 84.5 Å². The van der Waals surface area contributed by atoms with Crippen molar-refractivity contribution in [2.75, 3.05) is 6.61 Å². The van der Waals surface area contributed by atoms with Crippen LogP contribution in [-0.2, 0) is 19.1 Å². The average molecular weight is 348 g/mol. The quantitative estimate of drug-likeness (QED) is 0.738. The van der Waals surface area contributed by atoms with E-state index in [-0.39, 0.29) is 29.9 Å². The van der Waals surface area contributed by atoms with Gasteiger partial charge < -0.3 is 15.4 Å². The fourth-order valence-electron chi connectivity index (χ4n) is 6.17. The second-order valence-corrected chi connectivity index (χ2v) is 8.84. The highest BCUT2D eigenvalue weighted by molar-refractivity contribution is 5.89. The molecule has 1 heterocycles. The lowest BCUT2D eigenvalue weighted by atomic mass is 9.48. The Bertz CT molecular complexity index is 553. The van der Waals surface area contributed by atoms with Gasteiger partial charge in [-0.3, -0.25) is 9.59 Å². The fraction of sp³-hybridized carbons (Fsp3) is 0.842. The summed E-state index contributed by atoms with van der Waals surface area (Å²) in [6.07, 6.45) is 8.62. The van der Waals surface area contributed by atoms with Crippen molar-refractivity contribution in [2.24, 2.45) is 23.2 Å². The standard InChI is InChI=1S/C19H28N2O4/c1-11(19-7-12-4-13(8-19)6-14(5-12)9-19)20-17(23)10-25-18(24)15-2-3-16(22)21-15/h11-15H,2-10H2,1H3,(H,20,23)(H,21,22)/t11-,12?,13?,14?,15-,19?/m0/s1. The smallest absolute Gasteiger partial charge is 0.329 e. The Balaban J connectivity index is 1.28. The maximum absolute atomic E-state index is 12.3. The second-order valence-electron chi connectivity index (χ2n) is 8.84. The molecular formula is C19H28N2O4. The molecule has 5 aliphatic rings. The molecule has 0 aromatic rings. The van der Waals surface area contributed by atoms with Crippen LogP contribution in [0.4, 0.5) is 0 Å². The van der Waals surface area contributed by atoms with Crippen LogP contribution < -0.4 is 10.6 Å². The highest BCUT2D eigenvalue weighted by Crippen LogP contribution is 2.61. The first-order chi connectivity index (χ1) is 11.9. The summed E-state index contributed by atoms with van der Waals surface area (Å²) in [6, 6.07) is -0.473. The molecule has 0 radical (unpaired) electrons. The van der Waals surface area contributed by atoms with Crippen molar-refractivity contribution in [3.63, 3.8) is 0 Å². The molecule has 4 saturated carbocycles. The second kappa shape index (κ2) is 6.29. The van der Waals surface area contributed by atoms with Crippen molar-refractivity contribution < 1.29 is 19.1 Å². The van der Waals surface area contributed by atoms with Crippen LogP contribution in [0.25, 0.3) is 0 Å².